The molecule has 1 aromatic heterocycles. The van der Waals surface area contributed by atoms with Gasteiger partial charge in [0, 0.05) is 18.0 Å². The number of benzene rings is 1. The normalized spacial score (nSPS) is 25.8. The summed E-state index contributed by atoms with van der Waals surface area (Å²) in [5, 5.41) is 25.9. The van der Waals surface area contributed by atoms with Crippen LogP contribution in [0.2, 0.25) is 0 Å². The largest absolute Gasteiger partial charge is 0.550 e. The molecule has 0 spiro atoms. The van der Waals surface area contributed by atoms with Crippen LogP contribution in [0.15, 0.2) is 30.3 Å². The van der Waals surface area contributed by atoms with Gasteiger partial charge in [0.2, 0.25) is 5.91 Å². The van der Waals surface area contributed by atoms with E-state index >= 15 is 0 Å². The fraction of sp³-hybridized carbons (Fsp3) is 0.550. The van der Waals surface area contributed by atoms with E-state index in [1.807, 2.05) is 30.3 Å². The highest BCUT2D eigenvalue weighted by Crippen LogP contribution is 2.36. The van der Waals surface area contributed by atoms with E-state index in [4.69, 9.17) is 9.47 Å². The van der Waals surface area contributed by atoms with Crippen molar-refractivity contribution in [2.24, 2.45) is 5.41 Å². The van der Waals surface area contributed by atoms with Gasteiger partial charge in [0.05, 0.1) is 19.3 Å². The Morgan fingerprint density at radius 2 is 1.90 bits per heavy atom. The van der Waals surface area contributed by atoms with Crippen LogP contribution in [0.4, 0.5) is 0 Å². The molecule has 0 aliphatic carbocycles. The van der Waals surface area contributed by atoms with Gasteiger partial charge in [-0.15, -0.1) is 5.10 Å². The number of tetrazole rings is 1. The number of aromatic nitrogens is 4. The molecule has 160 valence electrons. The average molecular weight is 414 g/mol. The van der Waals surface area contributed by atoms with E-state index < -0.39 is 11.4 Å². The molecule has 0 saturated carbocycles. The number of amides is 1. The number of carbonyl (C=O) groups is 2. The van der Waals surface area contributed by atoms with Crippen molar-refractivity contribution in [2.75, 3.05) is 13.2 Å². The van der Waals surface area contributed by atoms with Crippen molar-refractivity contribution in [1.82, 2.24) is 25.5 Å². The second-order valence-electron chi connectivity index (χ2n) is 8.54. The van der Waals surface area contributed by atoms with Crippen LogP contribution in [-0.2, 0) is 19.1 Å². The molecule has 0 unspecified atom stereocenters. The van der Waals surface area contributed by atoms with Crippen LogP contribution < -0.4 is 10.4 Å². The predicted octanol–water partition coefficient (Wildman–Crippen LogP) is -0.280. The summed E-state index contributed by atoms with van der Waals surface area (Å²) in [4.78, 5) is 23.3. The molecule has 2 fully saturated rings. The summed E-state index contributed by atoms with van der Waals surface area (Å²) in [6, 6.07) is 9.10. The zero-order valence-corrected chi connectivity index (χ0v) is 16.9. The Hall–Kier alpha value is -2.85. The highest BCUT2D eigenvalue weighted by Gasteiger charge is 2.50. The van der Waals surface area contributed by atoms with Crippen molar-refractivity contribution < 1.29 is 24.2 Å². The molecular formula is C20H24N5O5-. The number of carboxylic acid groups (broad SMARTS) is 1. The lowest BCUT2D eigenvalue weighted by Crippen LogP contribution is -2.45. The molecule has 30 heavy (non-hydrogen) atoms. The third-order valence-corrected chi connectivity index (χ3v) is 5.47. The molecule has 2 aromatic rings. The molecule has 3 heterocycles. The first-order chi connectivity index (χ1) is 14.3. The van der Waals surface area contributed by atoms with Gasteiger partial charge in [-0.2, -0.15) is 0 Å². The summed E-state index contributed by atoms with van der Waals surface area (Å²) < 4.78 is 13.6. The first-order valence-electron chi connectivity index (χ1n) is 9.90. The number of hydrogen-bond acceptors (Lipinski definition) is 8. The molecule has 10 heteroatoms. The van der Waals surface area contributed by atoms with Gasteiger partial charge < -0.3 is 24.7 Å². The molecule has 4 rings (SSSR count). The summed E-state index contributed by atoms with van der Waals surface area (Å²) >= 11 is 0. The standard InChI is InChI=1S/C20H25N5O5/c1-20(2,9-16(27)28)8-15(26)21-13-10-29-18-14(11-30-17(13)18)25-19(22-23-24-25)12-6-4-3-5-7-12/h3-7,13-14,17-18H,8-11H2,1-2H3,(H,21,26)(H,27,28)/p-1/t13-,14-,17+,18+/m0/s1. The van der Waals surface area contributed by atoms with Crippen LogP contribution >= 0.6 is 0 Å². The van der Waals surface area contributed by atoms with Gasteiger partial charge in [0.15, 0.2) is 5.82 Å². The molecule has 0 bridgehead atoms. The lowest BCUT2D eigenvalue weighted by Gasteiger charge is -2.26. The van der Waals surface area contributed by atoms with Crippen LogP contribution in [0.5, 0.6) is 0 Å². The molecular weight excluding hydrogens is 390 g/mol. The maximum atomic E-state index is 12.5. The molecule has 2 aliphatic rings. The summed E-state index contributed by atoms with van der Waals surface area (Å²) in [6.45, 7) is 4.12. The fourth-order valence-corrected chi connectivity index (χ4v) is 4.15. The molecule has 10 nitrogen and oxygen atoms in total. The highest BCUT2D eigenvalue weighted by atomic mass is 16.6. The summed E-state index contributed by atoms with van der Waals surface area (Å²) in [6.07, 6.45) is -0.731. The number of aliphatic carboxylic acids is 1. The van der Waals surface area contributed by atoms with Crippen LogP contribution in [0, 0.1) is 5.41 Å². The molecule has 1 amide bonds. The fourth-order valence-electron chi connectivity index (χ4n) is 4.15. The van der Waals surface area contributed by atoms with Gasteiger partial charge in [-0.25, -0.2) is 4.68 Å². The van der Waals surface area contributed by atoms with E-state index in [2.05, 4.69) is 20.8 Å². The number of carbonyl (C=O) groups excluding carboxylic acids is 2. The van der Waals surface area contributed by atoms with E-state index in [1.54, 1.807) is 18.5 Å². The maximum absolute atomic E-state index is 12.5. The molecule has 2 aliphatic heterocycles. The van der Waals surface area contributed by atoms with Gasteiger partial charge in [-0.3, -0.25) is 4.79 Å². The Bertz CT molecular complexity index is 915. The van der Waals surface area contributed by atoms with E-state index in [-0.39, 0.29) is 43.0 Å². The van der Waals surface area contributed by atoms with Gasteiger partial charge in [0.1, 0.15) is 18.2 Å². The maximum Gasteiger partial charge on any atom is 0.220 e. The molecule has 1 N–H and O–H groups in total. The van der Waals surface area contributed by atoms with E-state index in [0.29, 0.717) is 19.0 Å². The Labute approximate surface area is 173 Å². The Morgan fingerprint density at radius 1 is 1.17 bits per heavy atom. The topological polar surface area (TPSA) is 131 Å². The number of nitrogens with zero attached hydrogens (tertiary/aromatic N) is 4. The minimum absolute atomic E-state index is 0.0729. The molecule has 1 aromatic carbocycles. The first kappa shape index (κ1) is 20.4. The van der Waals surface area contributed by atoms with E-state index in [0.717, 1.165) is 5.56 Å². The quantitative estimate of drug-likeness (QED) is 0.654. The van der Waals surface area contributed by atoms with Gasteiger partial charge in [-0.05, 0) is 22.3 Å². The number of ether oxygens (including phenoxy) is 2. The number of nitrogens with one attached hydrogen (secondary N) is 1. The zero-order chi connectivity index (χ0) is 21.3. The summed E-state index contributed by atoms with van der Waals surface area (Å²) in [5.41, 5.74) is 0.196. The Balaban J connectivity index is 1.42. The second kappa shape index (κ2) is 8.11. The Kier molecular flexibility index (Phi) is 5.52. The molecule has 2 saturated heterocycles. The Morgan fingerprint density at radius 3 is 2.63 bits per heavy atom. The van der Waals surface area contributed by atoms with Gasteiger partial charge in [-0.1, -0.05) is 44.2 Å². The third kappa shape index (κ3) is 4.19. The minimum atomic E-state index is -1.17. The van der Waals surface area contributed by atoms with Crippen molar-refractivity contribution in [3.63, 3.8) is 0 Å². The smallest absolute Gasteiger partial charge is 0.220 e. The predicted molar refractivity (Wildman–Crippen MR) is 102 cm³/mol. The molecule has 0 radical (unpaired) electrons. The highest BCUT2D eigenvalue weighted by molar-refractivity contribution is 5.78. The van der Waals surface area contributed by atoms with Crippen LogP contribution in [0.1, 0.15) is 32.7 Å². The number of carboxylic acids is 1. The van der Waals surface area contributed by atoms with Crippen molar-refractivity contribution in [1.29, 1.82) is 0 Å². The lowest BCUT2D eigenvalue weighted by atomic mass is 9.85. The van der Waals surface area contributed by atoms with Crippen molar-refractivity contribution in [3.8, 4) is 11.4 Å². The third-order valence-electron chi connectivity index (χ3n) is 5.47. The number of hydrogen-bond donors (Lipinski definition) is 1. The van der Waals surface area contributed by atoms with E-state index in [1.165, 1.54) is 0 Å². The van der Waals surface area contributed by atoms with E-state index in [9.17, 15) is 14.7 Å². The first-order valence-corrected chi connectivity index (χ1v) is 9.90. The van der Waals surface area contributed by atoms with Crippen molar-refractivity contribution in [2.45, 2.75) is 51.0 Å². The van der Waals surface area contributed by atoms with Crippen LogP contribution in [0.25, 0.3) is 11.4 Å². The van der Waals surface area contributed by atoms with Crippen molar-refractivity contribution in [3.05, 3.63) is 30.3 Å². The number of rotatable bonds is 7. The van der Waals surface area contributed by atoms with Crippen molar-refractivity contribution >= 4 is 11.9 Å². The second-order valence-corrected chi connectivity index (χ2v) is 8.54. The lowest BCUT2D eigenvalue weighted by molar-refractivity contribution is -0.307. The monoisotopic (exact) mass is 414 g/mol. The summed E-state index contributed by atoms with van der Waals surface area (Å²) in [5.74, 6) is -0.783. The minimum Gasteiger partial charge on any atom is -0.550 e. The number of fused-ring (bicyclic) bond motifs is 1. The van der Waals surface area contributed by atoms with Gasteiger partial charge in [0.25, 0.3) is 0 Å². The zero-order valence-electron chi connectivity index (χ0n) is 16.9. The van der Waals surface area contributed by atoms with Gasteiger partial charge >= 0.3 is 0 Å². The SMILES string of the molecule is CC(C)(CC(=O)[O-])CC(=O)N[C@H]1CO[C@H]2[C@@H]1OC[C@@H]2n1nnnc1-c1ccccc1. The van der Waals surface area contributed by atoms with Crippen LogP contribution in [-0.4, -0.2) is 63.5 Å². The molecule has 4 atom stereocenters. The average Bonchev–Trinajstić information content (AvgIpc) is 3.38. The van der Waals surface area contributed by atoms with Crippen LogP contribution in [0.3, 0.4) is 0 Å². The summed E-state index contributed by atoms with van der Waals surface area (Å²) in [7, 11) is 0.